The fourth-order valence-electron chi connectivity index (χ4n) is 3.19. The average Bonchev–Trinajstić information content (AvgIpc) is 2.64. The molecule has 0 unspecified atom stereocenters. The Bertz CT molecular complexity index is 730. The van der Waals surface area contributed by atoms with Crippen LogP contribution in [0.1, 0.15) is 54.4 Å². The van der Waals surface area contributed by atoms with E-state index >= 15 is 0 Å². The Morgan fingerprint density at radius 1 is 1.27 bits per heavy atom. The highest BCUT2D eigenvalue weighted by Gasteiger charge is 2.22. The Kier molecular flexibility index (Phi) is 5.93. The van der Waals surface area contributed by atoms with Gasteiger partial charge in [0.15, 0.2) is 0 Å². The van der Waals surface area contributed by atoms with Crippen molar-refractivity contribution in [3.63, 3.8) is 0 Å². The van der Waals surface area contributed by atoms with Crippen LogP contribution in [-0.2, 0) is 6.54 Å². The summed E-state index contributed by atoms with van der Waals surface area (Å²) in [5.41, 5.74) is 1.57. The maximum atomic E-state index is 13.0. The zero-order valence-corrected chi connectivity index (χ0v) is 15.3. The Hall–Kier alpha value is -2.34. The molecule has 0 saturated carbocycles. The SMILES string of the molecule is CC(C)c1ncc(C(=O)N[C@H]2CCCN(Cc3ccc(F)cc3)C2)cn1. The summed E-state index contributed by atoms with van der Waals surface area (Å²) in [6.07, 6.45) is 5.17. The number of nitrogens with zero attached hydrogens (tertiary/aromatic N) is 3. The Labute approximate surface area is 153 Å². The number of nitrogens with one attached hydrogen (secondary N) is 1. The molecule has 2 aromatic rings. The van der Waals surface area contributed by atoms with Gasteiger partial charge in [-0.1, -0.05) is 26.0 Å². The second-order valence-electron chi connectivity index (χ2n) is 7.16. The third-order valence-corrected chi connectivity index (χ3v) is 4.61. The number of piperidine rings is 1. The van der Waals surface area contributed by atoms with Gasteiger partial charge in [-0.25, -0.2) is 14.4 Å². The molecule has 1 aromatic carbocycles. The molecule has 1 N–H and O–H groups in total. The normalized spacial score (nSPS) is 18.1. The van der Waals surface area contributed by atoms with E-state index in [4.69, 9.17) is 0 Å². The lowest BCUT2D eigenvalue weighted by Gasteiger charge is -2.33. The van der Waals surface area contributed by atoms with E-state index in [1.54, 1.807) is 12.4 Å². The van der Waals surface area contributed by atoms with Gasteiger partial charge in [0.2, 0.25) is 0 Å². The molecule has 1 atom stereocenters. The molecule has 1 saturated heterocycles. The lowest BCUT2D eigenvalue weighted by Crippen LogP contribution is -2.47. The number of likely N-dealkylation sites (tertiary alicyclic amines) is 1. The first-order chi connectivity index (χ1) is 12.5. The summed E-state index contributed by atoms with van der Waals surface area (Å²) < 4.78 is 13.0. The minimum Gasteiger partial charge on any atom is -0.348 e. The molecule has 5 nitrogen and oxygen atoms in total. The van der Waals surface area contributed by atoms with Gasteiger partial charge in [-0.3, -0.25) is 9.69 Å². The first-order valence-corrected chi connectivity index (χ1v) is 9.11. The van der Waals surface area contributed by atoms with Crippen molar-refractivity contribution >= 4 is 5.91 Å². The van der Waals surface area contributed by atoms with Crippen LogP contribution in [0.5, 0.6) is 0 Å². The number of amides is 1. The molecule has 6 heteroatoms. The molecule has 1 aliphatic heterocycles. The number of benzene rings is 1. The van der Waals surface area contributed by atoms with Crippen molar-refractivity contribution in [1.29, 1.82) is 0 Å². The molecule has 2 heterocycles. The highest BCUT2D eigenvalue weighted by atomic mass is 19.1. The predicted molar refractivity (Wildman–Crippen MR) is 98.3 cm³/mol. The molecule has 0 radical (unpaired) electrons. The maximum Gasteiger partial charge on any atom is 0.254 e. The zero-order chi connectivity index (χ0) is 18.5. The quantitative estimate of drug-likeness (QED) is 0.894. The van der Waals surface area contributed by atoms with E-state index in [0.29, 0.717) is 5.56 Å². The topological polar surface area (TPSA) is 58.1 Å². The van der Waals surface area contributed by atoms with Gasteiger partial charge in [0, 0.05) is 37.4 Å². The number of halogens is 1. The van der Waals surface area contributed by atoms with E-state index in [-0.39, 0.29) is 23.7 Å². The van der Waals surface area contributed by atoms with Crippen molar-refractivity contribution in [2.45, 2.75) is 45.2 Å². The van der Waals surface area contributed by atoms with E-state index in [9.17, 15) is 9.18 Å². The largest absolute Gasteiger partial charge is 0.348 e. The van der Waals surface area contributed by atoms with Crippen LogP contribution in [0, 0.1) is 5.82 Å². The summed E-state index contributed by atoms with van der Waals surface area (Å²) in [6.45, 7) is 6.57. The maximum absolute atomic E-state index is 13.0. The van der Waals surface area contributed by atoms with Crippen LogP contribution in [0.4, 0.5) is 4.39 Å². The molecular formula is C20H25FN4O. The number of carbonyl (C=O) groups is 1. The van der Waals surface area contributed by atoms with Gasteiger partial charge in [-0.15, -0.1) is 0 Å². The summed E-state index contributed by atoms with van der Waals surface area (Å²) in [4.78, 5) is 23.3. The standard InChI is InChI=1S/C20H25FN4O/c1-14(2)19-22-10-16(11-23-19)20(26)24-18-4-3-9-25(13-18)12-15-5-7-17(21)8-6-15/h5-8,10-11,14,18H,3-4,9,12-13H2,1-2H3,(H,24,26)/t18-/m0/s1. The van der Waals surface area contributed by atoms with E-state index in [2.05, 4.69) is 20.2 Å². The number of rotatable bonds is 5. The van der Waals surface area contributed by atoms with Crippen molar-refractivity contribution in [2.24, 2.45) is 0 Å². The van der Waals surface area contributed by atoms with Crippen molar-refractivity contribution < 1.29 is 9.18 Å². The van der Waals surface area contributed by atoms with Crippen molar-refractivity contribution in [2.75, 3.05) is 13.1 Å². The molecule has 26 heavy (non-hydrogen) atoms. The fraction of sp³-hybridized carbons (Fsp3) is 0.450. The summed E-state index contributed by atoms with van der Waals surface area (Å²) in [5, 5.41) is 3.09. The molecule has 1 fully saturated rings. The Morgan fingerprint density at radius 2 is 1.96 bits per heavy atom. The lowest BCUT2D eigenvalue weighted by atomic mass is 10.0. The zero-order valence-electron chi connectivity index (χ0n) is 15.3. The minimum atomic E-state index is -0.219. The number of aromatic nitrogens is 2. The molecular weight excluding hydrogens is 331 g/mol. The lowest BCUT2D eigenvalue weighted by molar-refractivity contribution is 0.0900. The Morgan fingerprint density at radius 3 is 2.62 bits per heavy atom. The summed E-state index contributed by atoms with van der Waals surface area (Å²) in [7, 11) is 0. The molecule has 1 aliphatic rings. The monoisotopic (exact) mass is 356 g/mol. The van der Waals surface area contributed by atoms with Crippen LogP contribution in [0.15, 0.2) is 36.7 Å². The van der Waals surface area contributed by atoms with Crippen LogP contribution in [0.25, 0.3) is 0 Å². The number of carbonyl (C=O) groups excluding carboxylic acids is 1. The molecule has 1 aromatic heterocycles. The second kappa shape index (κ2) is 8.36. The van der Waals surface area contributed by atoms with E-state index in [1.165, 1.54) is 12.1 Å². The molecule has 0 spiro atoms. The first kappa shape index (κ1) is 18.5. The van der Waals surface area contributed by atoms with E-state index in [0.717, 1.165) is 43.9 Å². The highest BCUT2D eigenvalue weighted by Crippen LogP contribution is 2.15. The van der Waals surface area contributed by atoms with Crippen LogP contribution < -0.4 is 5.32 Å². The third kappa shape index (κ3) is 4.85. The van der Waals surface area contributed by atoms with Gasteiger partial charge in [0.1, 0.15) is 11.6 Å². The van der Waals surface area contributed by atoms with Crippen LogP contribution in [0.3, 0.4) is 0 Å². The fourth-order valence-corrected chi connectivity index (χ4v) is 3.19. The smallest absolute Gasteiger partial charge is 0.254 e. The molecule has 0 bridgehead atoms. The van der Waals surface area contributed by atoms with Gasteiger partial charge >= 0.3 is 0 Å². The van der Waals surface area contributed by atoms with Gasteiger partial charge in [0.05, 0.1) is 5.56 Å². The van der Waals surface area contributed by atoms with Crippen molar-refractivity contribution in [1.82, 2.24) is 20.2 Å². The van der Waals surface area contributed by atoms with Crippen LogP contribution >= 0.6 is 0 Å². The van der Waals surface area contributed by atoms with Crippen molar-refractivity contribution in [3.8, 4) is 0 Å². The summed E-state index contributed by atoms with van der Waals surface area (Å²) in [6, 6.07) is 6.69. The van der Waals surface area contributed by atoms with Gasteiger partial charge in [0.25, 0.3) is 5.91 Å². The molecule has 1 amide bonds. The Balaban J connectivity index is 1.55. The van der Waals surface area contributed by atoms with Crippen LogP contribution in [0.2, 0.25) is 0 Å². The summed E-state index contributed by atoms with van der Waals surface area (Å²) in [5.74, 6) is 0.632. The molecule has 138 valence electrons. The number of hydrogen-bond acceptors (Lipinski definition) is 4. The number of hydrogen-bond donors (Lipinski definition) is 1. The second-order valence-corrected chi connectivity index (χ2v) is 7.16. The molecule has 3 rings (SSSR count). The minimum absolute atomic E-state index is 0.0986. The van der Waals surface area contributed by atoms with Crippen LogP contribution in [-0.4, -0.2) is 39.9 Å². The van der Waals surface area contributed by atoms with E-state index < -0.39 is 0 Å². The highest BCUT2D eigenvalue weighted by molar-refractivity contribution is 5.93. The third-order valence-electron chi connectivity index (χ3n) is 4.61. The van der Waals surface area contributed by atoms with Gasteiger partial charge in [-0.2, -0.15) is 0 Å². The first-order valence-electron chi connectivity index (χ1n) is 9.11. The van der Waals surface area contributed by atoms with Gasteiger partial charge in [-0.05, 0) is 37.1 Å². The molecule has 0 aliphatic carbocycles. The van der Waals surface area contributed by atoms with Gasteiger partial charge < -0.3 is 5.32 Å². The predicted octanol–water partition coefficient (Wildman–Crippen LogP) is 3.13. The van der Waals surface area contributed by atoms with Crippen molar-refractivity contribution in [3.05, 3.63) is 59.4 Å². The average molecular weight is 356 g/mol. The summed E-state index contributed by atoms with van der Waals surface area (Å²) >= 11 is 0. The van der Waals surface area contributed by atoms with E-state index in [1.807, 2.05) is 26.0 Å².